The highest BCUT2D eigenvalue weighted by atomic mass is 16.2. The zero-order valence-electron chi connectivity index (χ0n) is 13.0. The zero-order chi connectivity index (χ0) is 15.1. The minimum Gasteiger partial charge on any atom is -0.348 e. The van der Waals surface area contributed by atoms with Gasteiger partial charge < -0.3 is 14.6 Å². The lowest BCUT2D eigenvalue weighted by Crippen LogP contribution is -2.45. The summed E-state index contributed by atoms with van der Waals surface area (Å²) in [7, 11) is 0. The monoisotopic (exact) mass is 298 g/mol. The van der Waals surface area contributed by atoms with E-state index in [-0.39, 0.29) is 11.9 Å². The molecule has 0 aromatic carbocycles. The van der Waals surface area contributed by atoms with Gasteiger partial charge in [-0.25, -0.2) is 4.98 Å². The van der Waals surface area contributed by atoms with Crippen LogP contribution in [0.4, 0.5) is 0 Å². The van der Waals surface area contributed by atoms with E-state index >= 15 is 0 Å². The second-order valence-electron chi connectivity index (χ2n) is 6.61. The molecule has 22 heavy (non-hydrogen) atoms. The molecule has 1 saturated carbocycles. The number of imidazole rings is 1. The molecule has 4 rings (SSSR count). The molecule has 116 valence electrons. The van der Waals surface area contributed by atoms with E-state index in [0.29, 0.717) is 5.69 Å². The number of nitrogens with one attached hydrogen (secondary N) is 1. The van der Waals surface area contributed by atoms with Gasteiger partial charge >= 0.3 is 0 Å². The SMILES string of the molecule is Cc1ccn2cc(C(=O)NC3CCN(C4CC4)CC3)nc2c1. The summed E-state index contributed by atoms with van der Waals surface area (Å²) in [6.07, 6.45) is 8.57. The van der Waals surface area contributed by atoms with E-state index < -0.39 is 0 Å². The molecule has 1 N–H and O–H groups in total. The Morgan fingerprint density at radius 3 is 2.77 bits per heavy atom. The van der Waals surface area contributed by atoms with Crippen molar-refractivity contribution in [1.82, 2.24) is 19.6 Å². The van der Waals surface area contributed by atoms with Gasteiger partial charge in [0.05, 0.1) is 0 Å². The third kappa shape index (κ3) is 2.73. The summed E-state index contributed by atoms with van der Waals surface area (Å²) in [6, 6.07) is 5.13. The maximum Gasteiger partial charge on any atom is 0.271 e. The quantitative estimate of drug-likeness (QED) is 0.943. The Kier molecular flexibility index (Phi) is 3.37. The molecule has 0 unspecified atom stereocenters. The van der Waals surface area contributed by atoms with Crippen LogP contribution < -0.4 is 5.32 Å². The zero-order valence-corrected chi connectivity index (χ0v) is 13.0. The Labute approximate surface area is 130 Å². The molecule has 2 fully saturated rings. The fourth-order valence-electron chi connectivity index (χ4n) is 3.30. The van der Waals surface area contributed by atoms with Crippen LogP contribution in [0.15, 0.2) is 24.5 Å². The first-order valence-electron chi connectivity index (χ1n) is 8.19. The summed E-state index contributed by atoms with van der Waals surface area (Å²) >= 11 is 0. The van der Waals surface area contributed by atoms with Gasteiger partial charge in [-0.2, -0.15) is 0 Å². The Hall–Kier alpha value is -1.88. The summed E-state index contributed by atoms with van der Waals surface area (Å²) in [6.45, 7) is 4.25. The summed E-state index contributed by atoms with van der Waals surface area (Å²) in [4.78, 5) is 19.4. The van der Waals surface area contributed by atoms with Crippen molar-refractivity contribution in [2.75, 3.05) is 13.1 Å². The molecule has 0 radical (unpaired) electrons. The number of aryl methyl sites for hydroxylation is 1. The first-order chi connectivity index (χ1) is 10.7. The molecule has 2 aliphatic rings. The molecule has 2 aromatic rings. The van der Waals surface area contributed by atoms with Gasteiger partial charge in [-0.05, 0) is 50.3 Å². The summed E-state index contributed by atoms with van der Waals surface area (Å²) < 4.78 is 1.90. The second kappa shape index (κ2) is 5.39. The highest BCUT2D eigenvalue weighted by Crippen LogP contribution is 2.29. The minimum absolute atomic E-state index is 0.0498. The minimum atomic E-state index is -0.0498. The van der Waals surface area contributed by atoms with Gasteiger partial charge in [0.2, 0.25) is 0 Å². The van der Waals surface area contributed by atoms with Crippen LogP contribution in [-0.4, -0.2) is 45.4 Å². The van der Waals surface area contributed by atoms with E-state index in [2.05, 4.69) is 15.2 Å². The fraction of sp³-hybridized carbons (Fsp3) is 0.529. The van der Waals surface area contributed by atoms with Gasteiger partial charge in [-0.3, -0.25) is 4.79 Å². The number of carbonyl (C=O) groups excluding carboxylic acids is 1. The maximum atomic E-state index is 12.4. The third-order valence-electron chi connectivity index (χ3n) is 4.78. The van der Waals surface area contributed by atoms with Gasteiger partial charge in [-0.1, -0.05) is 0 Å². The standard InChI is InChI=1S/C17H22N4O/c1-12-4-7-21-11-15(19-16(21)10-12)17(22)18-13-5-8-20(9-6-13)14-2-3-14/h4,7,10-11,13-14H,2-3,5-6,8-9H2,1H3,(H,18,22). The highest BCUT2D eigenvalue weighted by molar-refractivity contribution is 5.93. The molecule has 3 heterocycles. The van der Waals surface area contributed by atoms with Gasteiger partial charge in [-0.15, -0.1) is 0 Å². The molecule has 0 spiro atoms. The van der Waals surface area contributed by atoms with Crippen LogP contribution in [0.3, 0.4) is 0 Å². The lowest BCUT2D eigenvalue weighted by atomic mass is 10.0. The van der Waals surface area contributed by atoms with Crippen LogP contribution >= 0.6 is 0 Å². The Morgan fingerprint density at radius 1 is 1.27 bits per heavy atom. The summed E-state index contributed by atoms with van der Waals surface area (Å²) in [5.74, 6) is -0.0498. The van der Waals surface area contributed by atoms with Crippen molar-refractivity contribution >= 4 is 11.6 Å². The lowest BCUT2D eigenvalue weighted by molar-refractivity contribution is 0.0904. The first kappa shape index (κ1) is 13.8. The summed E-state index contributed by atoms with van der Waals surface area (Å²) in [5, 5.41) is 3.15. The molecule has 2 aromatic heterocycles. The number of carbonyl (C=O) groups is 1. The highest BCUT2D eigenvalue weighted by Gasteiger charge is 2.32. The van der Waals surface area contributed by atoms with E-state index in [1.54, 1.807) is 0 Å². The van der Waals surface area contributed by atoms with Crippen LogP contribution in [-0.2, 0) is 0 Å². The van der Waals surface area contributed by atoms with Crippen molar-refractivity contribution in [3.63, 3.8) is 0 Å². The Balaban J connectivity index is 1.40. The summed E-state index contributed by atoms with van der Waals surface area (Å²) in [5.41, 5.74) is 2.49. The van der Waals surface area contributed by atoms with Gasteiger partial charge in [0.15, 0.2) is 0 Å². The number of likely N-dealkylation sites (tertiary alicyclic amines) is 1. The Bertz CT molecular complexity index is 696. The molecule has 1 amide bonds. The van der Waals surface area contributed by atoms with E-state index in [0.717, 1.165) is 43.2 Å². The first-order valence-corrected chi connectivity index (χ1v) is 8.19. The molecule has 1 aliphatic heterocycles. The van der Waals surface area contributed by atoms with E-state index in [9.17, 15) is 4.79 Å². The average molecular weight is 298 g/mol. The van der Waals surface area contributed by atoms with Crippen LogP contribution in [0, 0.1) is 6.92 Å². The Morgan fingerprint density at radius 2 is 2.05 bits per heavy atom. The molecule has 5 heteroatoms. The molecule has 1 aliphatic carbocycles. The van der Waals surface area contributed by atoms with E-state index in [4.69, 9.17) is 0 Å². The van der Waals surface area contributed by atoms with Crippen molar-refractivity contribution in [2.24, 2.45) is 0 Å². The van der Waals surface area contributed by atoms with Gasteiger partial charge in [0.1, 0.15) is 11.3 Å². The predicted octanol–water partition coefficient (Wildman–Crippen LogP) is 2.00. The lowest BCUT2D eigenvalue weighted by Gasteiger charge is -2.32. The number of hydrogen-bond donors (Lipinski definition) is 1. The van der Waals surface area contributed by atoms with Crippen LogP contribution in [0.25, 0.3) is 5.65 Å². The number of piperidine rings is 1. The number of amides is 1. The number of fused-ring (bicyclic) bond motifs is 1. The second-order valence-corrected chi connectivity index (χ2v) is 6.61. The maximum absolute atomic E-state index is 12.4. The van der Waals surface area contributed by atoms with Crippen molar-refractivity contribution in [3.05, 3.63) is 35.8 Å². The number of pyridine rings is 1. The average Bonchev–Trinajstić information content (AvgIpc) is 3.27. The van der Waals surface area contributed by atoms with E-state index in [1.807, 2.05) is 35.9 Å². The topological polar surface area (TPSA) is 49.6 Å². The van der Waals surface area contributed by atoms with Crippen molar-refractivity contribution < 1.29 is 4.79 Å². The number of hydrogen-bond acceptors (Lipinski definition) is 3. The largest absolute Gasteiger partial charge is 0.348 e. The molecule has 5 nitrogen and oxygen atoms in total. The van der Waals surface area contributed by atoms with Gasteiger partial charge in [0.25, 0.3) is 5.91 Å². The normalized spacial score (nSPS) is 20.4. The molecular formula is C17H22N4O. The number of rotatable bonds is 3. The van der Waals surface area contributed by atoms with Crippen molar-refractivity contribution in [1.29, 1.82) is 0 Å². The smallest absolute Gasteiger partial charge is 0.271 e. The molecule has 0 atom stereocenters. The van der Waals surface area contributed by atoms with Crippen LogP contribution in [0.5, 0.6) is 0 Å². The van der Waals surface area contributed by atoms with Crippen molar-refractivity contribution in [2.45, 2.75) is 44.7 Å². The molecule has 0 bridgehead atoms. The van der Waals surface area contributed by atoms with Gasteiger partial charge in [0, 0.05) is 37.6 Å². The fourth-order valence-corrected chi connectivity index (χ4v) is 3.30. The molecule has 1 saturated heterocycles. The van der Waals surface area contributed by atoms with E-state index in [1.165, 1.54) is 12.8 Å². The molecular weight excluding hydrogens is 276 g/mol. The number of nitrogens with zero attached hydrogens (tertiary/aromatic N) is 3. The van der Waals surface area contributed by atoms with Crippen LogP contribution in [0.2, 0.25) is 0 Å². The number of aromatic nitrogens is 2. The predicted molar refractivity (Wildman–Crippen MR) is 85.0 cm³/mol. The van der Waals surface area contributed by atoms with Crippen LogP contribution in [0.1, 0.15) is 41.7 Å². The third-order valence-corrected chi connectivity index (χ3v) is 4.78. The van der Waals surface area contributed by atoms with Crippen molar-refractivity contribution in [3.8, 4) is 0 Å².